The molecule has 2 rings (SSSR count). The molecule has 1 fully saturated rings. The predicted molar refractivity (Wildman–Crippen MR) is 91.1 cm³/mol. The third-order valence-corrected chi connectivity index (χ3v) is 4.61. The molecule has 0 bridgehead atoms. The van der Waals surface area contributed by atoms with E-state index >= 15 is 0 Å². The zero-order chi connectivity index (χ0) is 16.7. The van der Waals surface area contributed by atoms with Gasteiger partial charge in [0, 0.05) is 13.1 Å². The molecule has 0 saturated carbocycles. The van der Waals surface area contributed by atoms with Crippen molar-refractivity contribution in [1.29, 1.82) is 0 Å². The van der Waals surface area contributed by atoms with Crippen molar-refractivity contribution in [3.05, 3.63) is 23.8 Å². The second kappa shape index (κ2) is 8.77. The van der Waals surface area contributed by atoms with Crippen molar-refractivity contribution in [3.8, 4) is 11.5 Å². The molecule has 128 valence electrons. The Morgan fingerprint density at radius 1 is 1.17 bits per heavy atom. The number of carbonyl (C=O) groups excluding carboxylic acids is 1. The van der Waals surface area contributed by atoms with E-state index in [1.54, 1.807) is 26.4 Å². The normalized spacial score (nSPS) is 15.5. The molecule has 1 amide bonds. The molecule has 0 aliphatic carbocycles. The lowest BCUT2D eigenvalue weighted by Crippen LogP contribution is -2.38. The fourth-order valence-corrected chi connectivity index (χ4v) is 3.22. The van der Waals surface area contributed by atoms with E-state index in [-0.39, 0.29) is 5.91 Å². The van der Waals surface area contributed by atoms with Crippen LogP contribution in [0.1, 0.15) is 42.5 Å². The van der Waals surface area contributed by atoms with Crippen molar-refractivity contribution in [2.45, 2.75) is 32.1 Å². The monoisotopic (exact) mass is 320 g/mol. The summed E-state index contributed by atoms with van der Waals surface area (Å²) in [4.78, 5) is 14.8. The molecule has 1 saturated heterocycles. The van der Waals surface area contributed by atoms with E-state index < -0.39 is 0 Å². The number of methoxy groups -OCH3 is 2. The smallest absolute Gasteiger partial charge is 0.261 e. The van der Waals surface area contributed by atoms with E-state index in [0.717, 1.165) is 38.9 Å². The van der Waals surface area contributed by atoms with Gasteiger partial charge < -0.3 is 20.1 Å². The van der Waals surface area contributed by atoms with Crippen LogP contribution < -0.4 is 15.2 Å². The van der Waals surface area contributed by atoms with Crippen LogP contribution in [0.15, 0.2) is 18.2 Å². The quantitative estimate of drug-likeness (QED) is 0.785. The summed E-state index contributed by atoms with van der Waals surface area (Å²) < 4.78 is 10.7. The van der Waals surface area contributed by atoms with Crippen LogP contribution in [-0.2, 0) is 0 Å². The van der Waals surface area contributed by atoms with Crippen molar-refractivity contribution in [2.75, 3.05) is 33.9 Å². The van der Waals surface area contributed by atoms with Crippen LogP contribution >= 0.6 is 0 Å². The third kappa shape index (κ3) is 4.38. The average Bonchev–Trinajstić information content (AvgIpc) is 2.61. The Bertz CT molecular complexity index is 489. The van der Waals surface area contributed by atoms with Gasteiger partial charge in [-0.3, -0.25) is 4.79 Å². The number of ether oxygens (including phenoxy) is 2. The van der Waals surface area contributed by atoms with Gasteiger partial charge in [-0.25, -0.2) is 0 Å². The summed E-state index contributed by atoms with van der Waals surface area (Å²) >= 11 is 0. The summed E-state index contributed by atoms with van der Waals surface area (Å²) in [5.41, 5.74) is 6.08. The van der Waals surface area contributed by atoms with Gasteiger partial charge in [-0.1, -0.05) is 18.9 Å². The lowest BCUT2D eigenvalue weighted by atomic mass is 9.91. The van der Waals surface area contributed by atoms with Gasteiger partial charge in [-0.05, 0) is 43.9 Å². The van der Waals surface area contributed by atoms with Gasteiger partial charge in [0.1, 0.15) is 17.1 Å². The first kappa shape index (κ1) is 17.6. The predicted octanol–water partition coefficient (Wildman–Crippen LogP) is 2.69. The number of amides is 1. The minimum Gasteiger partial charge on any atom is -0.496 e. The second-order valence-corrected chi connectivity index (χ2v) is 6.06. The number of unbranched alkanes of at least 4 members (excludes halogenated alkanes) is 1. The first-order chi connectivity index (χ1) is 11.2. The maximum Gasteiger partial charge on any atom is 0.261 e. The molecule has 0 aromatic heterocycles. The molecular formula is C18H28N2O3. The Balaban J connectivity index is 2.00. The highest BCUT2D eigenvalue weighted by molar-refractivity contribution is 5.99. The Morgan fingerprint density at radius 2 is 1.78 bits per heavy atom. The van der Waals surface area contributed by atoms with Gasteiger partial charge in [0.25, 0.3) is 5.91 Å². The number of likely N-dealkylation sites (tertiary alicyclic amines) is 1. The van der Waals surface area contributed by atoms with Crippen LogP contribution in [0.3, 0.4) is 0 Å². The van der Waals surface area contributed by atoms with E-state index in [1.165, 1.54) is 12.8 Å². The van der Waals surface area contributed by atoms with Crippen molar-refractivity contribution >= 4 is 5.91 Å². The van der Waals surface area contributed by atoms with E-state index in [1.807, 2.05) is 11.0 Å². The van der Waals surface area contributed by atoms with E-state index in [4.69, 9.17) is 15.2 Å². The van der Waals surface area contributed by atoms with E-state index in [9.17, 15) is 4.79 Å². The highest BCUT2D eigenvalue weighted by Gasteiger charge is 2.27. The molecule has 0 spiro atoms. The maximum absolute atomic E-state index is 12.9. The molecule has 23 heavy (non-hydrogen) atoms. The summed E-state index contributed by atoms with van der Waals surface area (Å²) in [6, 6.07) is 5.43. The van der Waals surface area contributed by atoms with E-state index in [2.05, 4.69) is 0 Å². The maximum atomic E-state index is 12.9. The SMILES string of the molecule is COc1cccc(OC)c1C(=O)N1CCC(CCCCN)CC1. The van der Waals surface area contributed by atoms with E-state index in [0.29, 0.717) is 23.0 Å². The number of hydrogen-bond donors (Lipinski definition) is 1. The van der Waals surface area contributed by atoms with Crippen LogP contribution in [0, 0.1) is 5.92 Å². The lowest BCUT2D eigenvalue weighted by molar-refractivity contribution is 0.0679. The second-order valence-electron chi connectivity index (χ2n) is 6.06. The van der Waals surface area contributed by atoms with Crippen molar-refractivity contribution in [3.63, 3.8) is 0 Å². The summed E-state index contributed by atoms with van der Waals surface area (Å²) in [7, 11) is 3.16. The Hall–Kier alpha value is -1.75. The molecule has 5 heteroatoms. The number of hydrogen-bond acceptors (Lipinski definition) is 4. The van der Waals surface area contributed by atoms with Crippen LogP contribution in [0.4, 0.5) is 0 Å². The number of carbonyl (C=O) groups is 1. The number of piperidine rings is 1. The molecule has 2 N–H and O–H groups in total. The lowest BCUT2D eigenvalue weighted by Gasteiger charge is -2.32. The zero-order valence-electron chi connectivity index (χ0n) is 14.2. The summed E-state index contributed by atoms with van der Waals surface area (Å²) in [6.45, 7) is 2.37. The van der Waals surface area contributed by atoms with Gasteiger partial charge in [-0.15, -0.1) is 0 Å². The van der Waals surface area contributed by atoms with Gasteiger partial charge in [-0.2, -0.15) is 0 Å². The van der Waals surface area contributed by atoms with Crippen LogP contribution in [0.5, 0.6) is 11.5 Å². The van der Waals surface area contributed by atoms with Crippen LogP contribution in [-0.4, -0.2) is 44.7 Å². The highest BCUT2D eigenvalue weighted by atomic mass is 16.5. The Kier molecular flexibility index (Phi) is 6.71. The standard InChI is InChI=1S/C18H28N2O3/c1-22-15-7-5-8-16(23-2)17(15)18(21)20-12-9-14(10-13-20)6-3-4-11-19/h5,7-8,14H,3-4,6,9-13,19H2,1-2H3. The van der Waals surface area contributed by atoms with Crippen molar-refractivity contribution in [1.82, 2.24) is 4.90 Å². The van der Waals surface area contributed by atoms with Crippen LogP contribution in [0.2, 0.25) is 0 Å². The zero-order valence-corrected chi connectivity index (χ0v) is 14.2. The number of nitrogens with two attached hydrogens (primary N) is 1. The molecule has 0 atom stereocenters. The van der Waals surface area contributed by atoms with Crippen LogP contribution in [0.25, 0.3) is 0 Å². The first-order valence-electron chi connectivity index (χ1n) is 8.41. The molecular weight excluding hydrogens is 292 g/mol. The highest BCUT2D eigenvalue weighted by Crippen LogP contribution is 2.31. The molecule has 1 aromatic carbocycles. The fraction of sp³-hybridized carbons (Fsp3) is 0.611. The van der Waals surface area contributed by atoms with Gasteiger partial charge in [0.05, 0.1) is 14.2 Å². The molecule has 1 heterocycles. The minimum atomic E-state index is -0.000270. The number of nitrogens with zero attached hydrogens (tertiary/aromatic N) is 1. The Labute approximate surface area is 138 Å². The molecule has 1 aromatic rings. The van der Waals surface area contributed by atoms with Gasteiger partial charge in [0.2, 0.25) is 0 Å². The topological polar surface area (TPSA) is 64.8 Å². The molecule has 5 nitrogen and oxygen atoms in total. The van der Waals surface area contributed by atoms with Gasteiger partial charge in [0.15, 0.2) is 0 Å². The van der Waals surface area contributed by atoms with Crippen molar-refractivity contribution in [2.24, 2.45) is 11.7 Å². The average molecular weight is 320 g/mol. The minimum absolute atomic E-state index is 0.000270. The molecule has 1 aliphatic rings. The third-order valence-electron chi connectivity index (χ3n) is 4.61. The molecule has 0 radical (unpaired) electrons. The summed E-state index contributed by atoms with van der Waals surface area (Å²) in [5.74, 6) is 1.85. The summed E-state index contributed by atoms with van der Waals surface area (Å²) in [5, 5.41) is 0. The summed E-state index contributed by atoms with van der Waals surface area (Å²) in [6.07, 6.45) is 5.63. The fourth-order valence-electron chi connectivity index (χ4n) is 3.22. The van der Waals surface area contributed by atoms with Crippen molar-refractivity contribution < 1.29 is 14.3 Å². The first-order valence-corrected chi connectivity index (χ1v) is 8.41. The largest absolute Gasteiger partial charge is 0.496 e. The Morgan fingerprint density at radius 3 is 2.30 bits per heavy atom. The van der Waals surface area contributed by atoms with Gasteiger partial charge >= 0.3 is 0 Å². The number of benzene rings is 1. The number of rotatable bonds is 7. The molecule has 0 unspecified atom stereocenters. The molecule has 1 aliphatic heterocycles.